The Morgan fingerprint density at radius 3 is 2.56 bits per heavy atom. The van der Waals surface area contributed by atoms with Gasteiger partial charge in [0.15, 0.2) is 0 Å². The SMILES string of the molecule is CCOC(=O)C1CCN(C(=O)CN(C)C(=O)CCc2nc(-c3ccc(F)cc3)no2)CC1. The number of esters is 1. The summed E-state index contributed by atoms with van der Waals surface area (Å²) >= 11 is 0. The molecule has 0 bridgehead atoms. The summed E-state index contributed by atoms with van der Waals surface area (Å²) in [6.07, 6.45) is 1.47. The predicted molar refractivity (Wildman–Crippen MR) is 112 cm³/mol. The van der Waals surface area contributed by atoms with Gasteiger partial charge in [0.25, 0.3) is 0 Å². The van der Waals surface area contributed by atoms with E-state index in [2.05, 4.69) is 10.1 Å². The average Bonchev–Trinajstić information content (AvgIpc) is 3.27. The Labute approximate surface area is 185 Å². The third kappa shape index (κ3) is 6.12. The van der Waals surface area contributed by atoms with Crippen molar-refractivity contribution >= 4 is 17.8 Å². The fraction of sp³-hybridized carbons (Fsp3) is 0.500. The summed E-state index contributed by atoms with van der Waals surface area (Å²) in [5.41, 5.74) is 0.613. The molecule has 3 rings (SSSR count). The molecular formula is C22H27FN4O5. The second-order valence-corrected chi connectivity index (χ2v) is 7.68. The number of hydrogen-bond acceptors (Lipinski definition) is 7. The Balaban J connectivity index is 1.43. The summed E-state index contributed by atoms with van der Waals surface area (Å²) < 4.78 is 23.2. The molecule has 0 aliphatic carbocycles. The van der Waals surface area contributed by atoms with E-state index in [1.54, 1.807) is 31.0 Å². The fourth-order valence-corrected chi connectivity index (χ4v) is 3.49. The Bertz CT molecular complexity index is 938. The van der Waals surface area contributed by atoms with Crippen molar-refractivity contribution in [3.63, 3.8) is 0 Å². The van der Waals surface area contributed by atoms with Crippen molar-refractivity contribution in [1.29, 1.82) is 0 Å². The van der Waals surface area contributed by atoms with Gasteiger partial charge in [-0.15, -0.1) is 0 Å². The molecule has 1 aromatic carbocycles. The van der Waals surface area contributed by atoms with Gasteiger partial charge < -0.3 is 19.1 Å². The highest BCUT2D eigenvalue weighted by Crippen LogP contribution is 2.19. The zero-order chi connectivity index (χ0) is 23.1. The van der Waals surface area contributed by atoms with Gasteiger partial charge in [0.2, 0.25) is 23.5 Å². The molecule has 0 radical (unpaired) electrons. The number of carbonyl (C=O) groups is 3. The van der Waals surface area contributed by atoms with Crippen molar-refractivity contribution in [3.8, 4) is 11.4 Å². The van der Waals surface area contributed by atoms with Gasteiger partial charge in [-0.1, -0.05) is 5.16 Å². The van der Waals surface area contributed by atoms with Crippen molar-refractivity contribution in [3.05, 3.63) is 36.0 Å². The molecule has 1 aliphatic rings. The average molecular weight is 446 g/mol. The number of hydrogen-bond donors (Lipinski definition) is 0. The monoisotopic (exact) mass is 446 g/mol. The summed E-state index contributed by atoms with van der Waals surface area (Å²) in [6.45, 7) is 3.03. The van der Waals surface area contributed by atoms with Crippen LogP contribution in [0.15, 0.2) is 28.8 Å². The number of nitrogens with zero attached hydrogens (tertiary/aromatic N) is 4. The van der Waals surface area contributed by atoms with Crippen LogP contribution in [0.5, 0.6) is 0 Å². The highest BCUT2D eigenvalue weighted by molar-refractivity contribution is 5.85. The van der Waals surface area contributed by atoms with Gasteiger partial charge in [-0.25, -0.2) is 4.39 Å². The summed E-state index contributed by atoms with van der Waals surface area (Å²) in [5, 5.41) is 3.85. The van der Waals surface area contributed by atoms with Crippen molar-refractivity contribution in [1.82, 2.24) is 19.9 Å². The first-order chi connectivity index (χ1) is 15.4. The van der Waals surface area contributed by atoms with E-state index in [-0.39, 0.29) is 48.9 Å². The van der Waals surface area contributed by atoms with Crippen LogP contribution in [0.25, 0.3) is 11.4 Å². The Hall–Kier alpha value is -3.30. The normalized spacial score (nSPS) is 14.3. The minimum Gasteiger partial charge on any atom is -0.466 e. The molecule has 2 aromatic rings. The van der Waals surface area contributed by atoms with E-state index < -0.39 is 0 Å². The number of halogens is 1. The summed E-state index contributed by atoms with van der Waals surface area (Å²) in [5.74, 6) is -0.506. The lowest BCUT2D eigenvalue weighted by atomic mass is 9.97. The number of likely N-dealkylation sites (tertiary alicyclic amines) is 1. The fourth-order valence-electron chi connectivity index (χ4n) is 3.49. The quantitative estimate of drug-likeness (QED) is 0.572. The lowest BCUT2D eigenvalue weighted by Gasteiger charge is -2.32. The Morgan fingerprint density at radius 1 is 1.22 bits per heavy atom. The van der Waals surface area contributed by atoms with Crippen LogP contribution >= 0.6 is 0 Å². The van der Waals surface area contributed by atoms with Gasteiger partial charge in [0.1, 0.15) is 5.82 Å². The molecule has 32 heavy (non-hydrogen) atoms. The van der Waals surface area contributed by atoms with Crippen LogP contribution in [0.3, 0.4) is 0 Å². The first-order valence-corrected chi connectivity index (χ1v) is 10.6. The number of aryl methyl sites for hydroxylation is 1. The van der Waals surface area contributed by atoms with Crippen LogP contribution < -0.4 is 0 Å². The third-order valence-corrected chi connectivity index (χ3v) is 5.39. The van der Waals surface area contributed by atoms with Crippen molar-refractivity contribution < 1.29 is 28.0 Å². The van der Waals surface area contributed by atoms with E-state index in [4.69, 9.17) is 9.26 Å². The van der Waals surface area contributed by atoms with Crippen molar-refractivity contribution in [2.24, 2.45) is 5.92 Å². The lowest BCUT2D eigenvalue weighted by molar-refractivity contribution is -0.151. The molecule has 1 aromatic heterocycles. The van der Waals surface area contributed by atoms with Crippen LogP contribution in [0.4, 0.5) is 4.39 Å². The molecule has 0 saturated carbocycles. The molecule has 1 aliphatic heterocycles. The smallest absolute Gasteiger partial charge is 0.309 e. The largest absolute Gasteiger partial charge is 0.466 e. The van der Waals surface area contributed by atoms with Crippen molar-refractivity contribution in [2.75, 3.05) is 33.3 Å². The van der Waals surface area contributed by atoms with E-state index in [0.29, 0.717) is 49.8 Å². The minimum atomic E-state index is -0.357. The number of amides is 2. The van der Waals surface area contributed by atoms with Gasteiger partial charge in [-0.05, 0) is 44.0 Å². The number of aromatic nitrogens is 2. The van der Waals surface area contributed by atoms with Gasteiger partial charge in [0.05, 0.1) is 19.1 Å². The topological polar surface area (TPSA) is 106 Å². The number of carbonyl (C=O) groups excluding carboxylic acids is 3. The zero-order valence-corrected chi connectivity index (χ0v) is 18.3. The first kappa shape index (κ1) is 23.4. The van der Waals surface area contributed by atoms with Gasteiger partial charge in [-0.2, -0.15) is 4.98 Å². The van der Waals surface area contributed by atoms with Crippen LogP contribution in [-0.2, 0) is 25.5 Å². The molecule has 1 saturated heterocycles. The molecule has 0 N–H and O–H groups in total. The first-order valence-electron chi connectivity index (χ1n) is 10.6. The van der Waals surface area contributed by atoms with Crippen LogP contribution in [0.1, 0.15) is 32.1 Å². The number of piperidine rings is 1. The highest BCUT2D eigenvalue weighted by Gasteiger charge is 2.29. The molecule has 172 valence electrons. The minimum absolute atomic E-state index is 0.0342. The standard InChI is InChI=1S/C22H27FN4O5/c1-3-31-22(30)16-10-12-27(13-11-16)20(29)14-26(2)19(28)9-8-18-24-21(25-32-18)15-4-6-17(23)7-5-15/h4-7,16H,3,8-14H2,1-2H3. The molecule has 2 heterocycles. The van der Waals surface area contributed by atoms with E-state index in [9.17, 15) is 18.8 Å². The molecule has 1 fully saturated rings. The Morgan fingerprint density at radius 2 is 1.91 bits per heavy atom. The number of ether oxygens (including phenoxy) is 1. The summed E-state index contributed by atoms with van der Waals surface area (Å²) in [4.78, 5) is 44.0. The maximum absolute atomic E-state index is 13.0. The van der Waals surface area contributed by atoms with Crippen LogP contribution in [0.2, 0.25) is 0 Å². The molecule has 10 heteroatoms. The summed E-state index contributed by atoms with van der Waals surface area (Å²) in [6, 6.07) is 5.70. The van der Waals surface area contributed by atoms with Crippen LogP contribution in [0, 0.1) is 11.7 Å². The second-order valence-electron chi connectivity index (χ2n) is 7.68. The molecular weight excluding hydrogens is 419 g/mol. The molecule has 0 spiro atoms. The van der Waals surface area contributed by atoms with Crippen LogP contribution in [-0.4, -0.2) is 71.0 Å². The number of benzene rings is 1. The second kappa shape index (κ2) is 10.8. The maximum atomic E-state index is 13.0. The van der Waals surface area contributed by atoms with E-state index in [0.717, 1.165) is 0 Å². The van der Waals surface area contributed by atoms with Gasteiger partial charge >= 0.3 is 5.97 Å². The molecule has 9 nitrogen and oxygen atoms in total. The number of rotatable bonds is 8. The van der Waals surface area contributed by atoms with E-state index in [1.807, 2.05) is 0 Å². The van der Waals surface area contributed by atoms with E-state index in [1.165, 1.54) is 17.0 Å². The van der Waals surface area contributed by atoms with Gasteiger partial charge in [0, 0.05) is 38.5 Å². The summed E-state index contributed by atoms with van der Waals surface area (Å²) in [7, 11) is 1.57. The third-order valence-electron chi connectivity index (χ3n) is 5.39. The molecule has 0 unspecified atom stereocenters. The molecule has 2 amide bonds. The lowest BCUT2D eigenvalue weighted by Crippen LogP contribution is -2.45. The van der Waals surface area contributed by atoms with E-state index >= 15 is 0 Å². The number of likely N-dealkylation sites (N-methyl/N-ethyl adjacent to an activating group) is 1. The highest BCUT2D eigenvalue weighted by atomic mass is 19.1. The molecule has 0 atom stereocenters. The maximum Gasteiger partial charge on any atom is 0.309 e. The zero-order valence-electron chi connectivity index (χ0n) is 18.3. The predicted octanol–water partition coefficient (Wildman–Crippen LogP) is 2.07. The van der Waals surface area contributed by atoms with Gasteiger partial charge in [-0.3, -0.25) is 14.4 Å². The van der Waals surface area contributed by atoms with Crippen molar-refractivity contribution in [2.45, 2.75) is 32.6 Å². The Kier molecular flexibility index (Phi) is 7.91.